The third-order valence-corrected chi connectivity index (χ3v) is 2.67. The average Bonchev–Trinajstić information content (AvgIpc) is 2.67. The zero-order valence-electron chi connectivity index (χ0n) is 8.19. The minimum absolute atomic E-state index is 0.315. The van der Waals surface area contributed by atoms with Gasteiger partial charge >= 0.3 is 0 Å². The highest BCUT2D eigenvalue weighted by Crippen LogP contribution is 2.12. The maximum Gasteiger partial charge on any atom is 0.128 e. The van der Waals surface area contributed by atoms with Crippen LogP contribution in [0.15, 0.2) is 30.6 Å². The minimum Gasteiger partial charge on any atom is -0.267 e. The lowest BCUT2D eigenvalue weighted by Crippen LogP contribution is -2.02. The Morgan fingerprint density at radius 1 is 1.50 bits per heavy atom. The van der Waals surface area contributed by atoms with Crippen LogP contribution < -0.4 is 0 Å². The van der Waals surface area contributed by atoms with E-state index in [1.165, 1.54) is 12.1 Å². The summed E-state index contributed by atoms with van der Waals surface area (Å²) in [4.78, 5) is 0. The topological polar surface area (TPSA) is 41.6 Å². The molecule has 1 heterocycles. The fourth-order valence-corrected chi connectivity index (χ4v) is 1.81. The lowest BCUT2D eigenvalue weighted by atomic mass is 10.1. The zero-order valence-corrected chi connectivity index (χ0v) is 10.3. The van der Waals surface area contributed by atoms with Crippen LogP contribution in [0.1, 0.15) is 11.1 Å². The molecule has 0 aliphatic carbocycles. The van der Waals surface area contributed by atoms with Crippen LogP contribution in [0.3, 0.4) is 0 Å². The summed E-state index contributed by atoms with van der Waals surface area (Å²) in [5.41, 5.74) is 0.928. The molecule has 80 valence electrons. The van der Waals surface area contributed by atoms with E-state index in [0.29, 0.717) is 17.7 Å². The van der Waals surface area contributed by atoms with Gasteiger partial charge in [0.05, 0.1) is 27.9 Å². The van der Waals surface area contributed by atoms with Gasteiger partial charge in [-0.1, -0.05) is 0 Å². The number of rotatable bonds is 2. The van der Waals surface area contributed by atoms with Crippen molar-refractivity contribution < 1.29 is 4.39 Å². The van der Waals surface area contributed by atoms with E-state index in [-0.39, 0.29) is 5.82 Å². The van der Waals surface area contributed by atoms with Crippen molar-refractivity contribution in [1.82, 2.24) is 9.78 Å². The second-order valence-electron chi connectivity index (χ2n) is 3.27. The first kappa shape index (κ1) is 11.1. The molecule has 0 saturated carbocycles. The van der Waals surface area contributed by atoms with Gasteiger partial charge in [-0.25, -0.2) is 4.39 Å². The van der Waals surface area contributed by atoms with Crippen LogP contribution in [0.25, 0.3) is 0 Å². The summed E-state index contributed by atoms with van der Waals surface area (Å²) in [6, 6.07) is 6.31. The molecule has 0 aliphatic rings. The van der Waals surface area contributed by atoms with Gasteiger partial charge in [-0.2, -0.15) is 10.4 Å². The SMILES string of the molecule is N#Cc1ccc(F)c(Cn2cc(I)cn2)c1. The fraction of sp³-hybridized carbons (Fsp3) is 0.0909. The van der Waals surface area contributed by atoms with Crippen molar-refractivity contribution in [1.29, 1.82) is 5.26 Å². The third kappa shape index (κ3) is 2.39. The van der Waals surface area contributed by atoms with Crippen LogP contribution >= 0.6 is 22.6 Å². The molecule has 1 aromatic carbocycles. The number of benzene rings is 1. The first-order chi connectivity index (χ1) is 7.69. The first-order valence-electron chi connectivity index (χ1n) is 4.55. The Bertz CT molecular complexity index is 557. The predicted octanol–water partition coefficient (Wildman–Crippen LogP) is 2.55. The molecule has 0 aliphatic heterocycles. The zero-order chi connectivity index (χ0) is 11.5. The molecule has 5 heteroatoms. The predicted molar refractivity (Wildman–Crippen MR) is 65.2 cm³/mol. The lowest BCUT2D eigenvalue weighted by Gasteiger charge is -2.03. The van der Waals surface area contributed by atoms with E-state index in [1.807, 2.05) is 12.3 Å². The molecule has 3 nitrogen and oxygen atoms in total. The molecule has 1 aromatic heterocycles. The molecule has 0 amide bonds. The van der Waals surface area contributed by atoms with Crippen molar-refractivity contribution in [2.75, 3.05) is 0 Å². The maximum absolute atomic E-state index is 13.4. The van der Waals surface area contributed by atoms with Crippen molar-refractivity contribution in [3.8, 4) is 6.07 Å². The number of halogens is 2. The van der Waals surface area contributed by atoms with Crippen molar-refractivity contribution in [2.24, 2.45) is 0 Å². The Kier molecular flexibility index (Phi) is 3.19. The number of hydrogen-bond acceptors (Lipinski definition) is 2. The van der Waals surface area contributed by atoms with Crippen molar-refractivity contribution in [3.05, 3.63) is 51.1 Å². The summed E-state index contributed by atoms with van der Waals surface area (Å²) < 4.78 is 16.1. The van der Waals surface area contributed by atoms with Gasteiger partial charge in [0.25, 0.3) is 0 Å². The number of aromatic nitrogens is 2. The Labute approximate surface area is 106 Å². The van der Waals surface area contributed by atoms with Gasteiger partial charge in [-0.3, -0.25) is 4.68 Å². The second-order valence-corrected chi connectivity index (χ2v) is 4.52. The summed E-state index contributed by atoms with van der Waals surface area (Å²) >= 11 is 2.14. The molecule has 0 radical (unpaired) electrons. The van der Waals surface area contributed by atoms with Crippen LogP contribution in [0, 0.1) is 20.7 Å². The third-order valence-electron chi connectivity index (χ3n) is 2.11. The van der Waals surface area contributed by atoms with Crippen molar-refractivity contribution >= 4 is 22.6 Å². The monoisotopic (exact) mass is 327 g/mol. The largest absolute Gasteiger partial charge is 0.267 e. The molecule has 16 heavy (non-hydrogen) atoms. The van der Waals surface area contributed by atoms with E-state index < -0.39 is 0 Å². The van der Waals surface area contributed by atoms with Crippen molar-refractivity contribution in [2.45, 2.75) is 6.54 Å². The minimum atomic E-state index is -0.315. The molecular formula is C11H7FIN3. The smallest absolute Gasteiger partial charge is 0.128 e. The van der Waals surface area contributed by atoms with Gasteiger partial charge in [0.15, 0.2) is 0 Å². The van der Waals surface area contributed by atoms with Gasteiger partial charge in [0.2, 0.25) is 0 Å². The van der Waals surface area contributed by atoms with Crippen LogP contribution in [-0.2, 0) is 6.54 Å². The van der Waals surface area contributed by atoms with Gasteiger partial charge < -0.3 is 0 Å². The molecule has 0 spiro atoms. The van der Waals surface area contributed by atoms with Crippen LogP contribution in [0.5, 0.6) is 0 Å². The molecule has 0 N–H and O–H groups in total. The summed E-state index contributed by atoms with van der Waals surface area (Å²) in [6.45, 7) is 0.338. The van der Waals surface area contributed by atoms with Crippen LogP contribution in [0.2, 0.25) is 0 Å². The quantitative estimate of drug-likeness (QED) is 0.796. The Morgan fingerprint density at radius 3 is 2.94 bits per heavy atom. The van der Waals surface area contributed by atoms with E-state index in [0.717, 1.165) is 3.57 Å². The first-order valence-corrected chi connectivity index (χ1v) is 5.63. The summed E-state index contributed by atoms with van der Waals surface area (Å²) in [7, 11) is 0. The van der Waals surface area contributed by atoms with E-state index in [9.17, 15) is 4.39 Å². The Morgan fingerprint density at radius 2 is 2.31 bits per heavy atom. The average molecular weight is 327 g/mol. The highest BCUT2D eigenvalue weighted by atomic mass is 127. The molecule has 0 atom stereocenters. The van der Waals surface area contributed by atoms with Crippen LogP contribution in [-0.4, -0.2) is 9.78 Å². The normalized spacial score (nSPS) is 10.1. The molecular weight excluding hydrogens is 320 g/mol. The van der Waals surface area contributed by atoms with Crippen molar-refractivity contribution in [3.63, 3.8) is 0 Å². The Balaban J connectivity index is 2.30. The number of nitrogens with zero attached hydrogens (tertiary/aromatic N) is 3. The van der Waals surface area contributed by atoms with Gasteiger partial charge in [-0.15, -0.1) is 0 Å². The van der Waals surface area contributed by atoms with E-state index in [2.05, 4.69) is 27.7 Å². The number of nitriles is 1. The summed E-state index contributed by atoms with van der Waals surface area (Å²) in [5, 5.41) is 12.8. The summed E-state index contributed by atoms with van der Waals surface area (Å²) in [5.74, 6) is -0.315. The lowest BCUT2D eigenvalue weighted by molar-refractivity contribution is 0.585. The van der Waals surface area contributed by atoms with Gasteiger partial charge in [-0.05, 0) is 40.8 Å². The van der Waals surface area contributed by atoms with Gasteiger partial charge in [0, 0.05) is 11.8 Å². The molecule has 0 saturated heterocycles. The van der Waals surface area contributed by atoms with Crippen LogP contribution in [0.4, 0.5) is 4.39 Å². The number of hydrogen-bond donors (Lipinski definition) is 0. The molecule has 0 unspecified atom stereocenters. The molecule has 0 fully saturated rings. The van der Waals surface area contributed by atoms with E-state index >= 15 is 0 Å². The molecule has 2 rings (SSSR count). The highest BCUT2D eigenvalue weighted by Gasteiger charge is 2.05. The maximum atomic E-state index is 13.4. The molecule has 0 bridgehead atoms. The fourth-order valence-electron chi connectivity index (χ4n) is 1.36. The second kappa shape index (κ2) is 4.61. The summed E-state index contributed by atoms with van der Waals surface area (Å²) in [6.07, 6.45) is 3.52. The molecule has 2 aromatic rings. The van der Waals surface area contributed by atoms with E-state index in [1.54, 1.807) is 16.9 Å². The highest BCUT2D eigenvalue weighted by molar-refractivity contribution is 14.1. The standard InChI is InChI=1S/C11H7FIN3/c12-11-2-1-8(4-14)3-9(11)6-16-7-10(13)5-15-16/h1-3,5,7H,6H2. The van der Waals surface area contributed by atoms with E-state index in [4.69, 9.17) is 5.26 Å². The van der Waals surface area contributed by atoms with Gasteiger partial charge in [0.1, 0.15) is 5.82 Å². The Hall–Kier alpha value is -1.42.